The molecule has 4 rings (SSSR count). The second-order valence-corrected chi connectivity index (χ2v) is 6.05. The molecular formula is C20H18FN3O. The molecular weight excluding hydrogens is 317 g/mol. The SMILES string of the molecule is Fc1ccc2cc1-c1cnn3ccc(nc13)CCCCC#CCCO2. The van der Waals surface area contributed by atoms with Gasteiger partial charge in [0, 0.05) is 35.9 Å². The van der Waals surface area contributed by atoms with E-state index in [4.69, 9.17) is 9.72 Å². The maximum atomic E-state index is 14.4. The molecule has 3 aromatic rings. The van der Waals surface area contributed by atoms with Gasteiger partial charge < -0.3 is 4.74 Å². The highest BCUT2D eigenvalue weighted by molar-refractivity contribution is 5.78. The summed E-state index contributed by atoms with van der Waals surface area (Å²) < 4.78 is 21.8. The first-order chi connectivity index (χ1) is 12.3. The summed E-state index contributed by atoms with van der Waals surface area (Å²) in [6.07, 6.45) is 8.05. The van der Waals surface area contributed by atoms with Crippen LogP contribution in [-0.2, 0) is 6.42 Å². The van der Waals surface area contributed by atoms with Crippen molar-refractivity contribution in [1.29, 1.82) is 0 Å². The highest BCUT2D eigenvalue weighted by Gasteiger charge is 2.14. The summed E-state index contributed by atoms with van der Waals surface area (Å²) in [6, 6.07) is 6.74. The smallest absolute Gasteiger partial charge is 0.163 e. The summed E-state index contributed by atoms with van der Waals surface area (Å²) in [5.74, 6) is 6.62. The van der Waals surface area contributed by atoms with Crippen molar-refractivity contribution < 1.29 is 9.13 Å². The van der Waals surface area contributed by atoms with Crippen LogP contribution in [-0.4, -0.2) is 21.2 Å². The third-order valence-corrected chi connectivity index (χ3v) is 4.26. The van der Waals surface area contributed by atoms with Crippen LogP contribution in [0.15, 0.2) is 36.7 Å². The standard InChI is InChI=1S/C20H18FN3O/c21-19-9-8-16-13-17(19)18-14-22-24-11-10-15(23-20(18)24)7-5-3-1-2-4-6-12-25-16/h8-11,13-14H,1,3,5-7,12H2. The Morgan fingerprint density at radius 1 is 1.08 bits per heavy atom. The highest BCUT2D eigenvalue weighted by Crippen LogP contribution is 2.30. The molecule has 4 nitrogen and oxygen atoms in total. The van der Waals surface area contributed by atoms with E-state index in [0.29, 0.717) is 35.6 Å². The van der Waals surface area contributed by atoms with Crippen LogP contribution < -0.4 is 4.74 Å². The molecule has 5 heteroatoms. The lowest BCUT2D eigenvalue weighted by Crippen LogP contribution is -1.98. The number of fused-ring (bicyclic) bond motifs is 4. The quantitative estimate of drug-likeness (QED) is 0.582. The molecule has 25 heavy (non-hydrogen) atoms. The molecule has 0 N–H and O–H groups in total. The minimum atomic E-state index is -0.310. The van der Waals surface area contributed by atoms with Crippen molar-refractivity contribution in [3.8, 4) is 28.7 Å². The van der Waals surface area contributed by atoms with Crippen LogP contribution in [0.1, 0.15) is 31.4 Å². The van der Waals surface area contributed by atoms with E-state index in [1.165, 1.54) is 6.07 Å². The Morgan fingerprint density at radius 3 is 2.96 bits per heavy atom. The van der Waals surface area contributed by atoms with Crippen LogP contribution in [0.2, 0.25) is 0 Å². The van der Waals surface area contributed by atoms with Gasteiger partial charge in [0.15, 0.2) is 5.65 Å². The minimum absolute atomic E-state index is 0.310. The summed E-state index contributed by atoms with van der Waals surface area (Å²) in [6.45, 7) is 0.495. The molecule has 0 saturated carbocycles. The summed E-state index contributed by atoms with van der Waals surface area (Å²) in [5, 5.41) is 4.30. The second kappa shape index (κ2) is 6.94. The predicted molar refractivity (Wildman–Crippen MR) is 93.8 cm³/mol. The molecule has 0 fully saturated rings. The maximum Gasteiger partial charge on any atom is 0.163 e. The Balaban J connectivity index is 1.81. The van der Waals surface area contributed by atoms with Gasteiger partial charge in [-0.15, -0.1) is 5.92 Å². The van der Waals surface area contributed by atoms with Gasteiger partial charge in [0.25, 0.3) is 0 Å². The van der Waals surface area contributed by atoms with Crippen molar-refractivity contribution in [3.63, 3.8) is 0 Å². The third-order valence-electron chi connectivity index (χ3n) is 4.26. The van der Waals surface area contributed by atoms with Gasteiger partial charge in [-0.05, 0) is 43.5 Å². The summed E-state index contributed by atoms with van der Waals surface area (Å²) >= 11 is 0. The Hall–Kier alpha value is -2.87. The number of ether oxygens (including phenoxy) is 1. The Morgan fingerprint density at radius 2 is 2.00 bits per heavy atom. The Labute approximate surface area is 145 Å². The zero-order chi connectivity index (χ0) is 17.1. The second-order valence-electron chi connectivity index (χ2n) is 6.05. The van der Waals surface area contributed by atoms with Crippen molar-refractivity contribution >= 4 is 5.65 Å². The first-order valence-corrected chi connectivity index (χ1v) is 8.53. The fourth-order valence-electron chi connectivity index (χ4n) is 2.95. The van der Waals surface area contributed by atoms with E-state index in [0.717, 1.165) is 31.4 Å². The number of hydrogen-bond donors (Lipinski definition) is 0. The van der Waals surface area contributed by atoms with Crippen LogP contribution in [0.25, 0.3) is 16.8 Å². The average molecular weight is 335 g/mol. The van der Waals surface area contributed by atoms with Crippen LogP contribution in [0.5, 0.6) is 5.75 Å². The molecule has 0 atom stereocenters. The van der Waals surface area contributed by atoms with E-state index in [2.05, 4.69) is 16.9 Å². The van der Waals surface area contributed by atoms with Crippen molar-refractivity contribution in [2.24, 2.45) is 0 Å². The molecule has 2 aromatic heterocycles. The van der Waals surface area contributed by atoms with E-state index in [-0.39, 0.29) is 5.82 Å². The average Bonchev–Trinajstić information content (AvgIpc) is 3.04. The molecule has 126 valence electrons. The molecule has 0 unspecified atom stereocenters. The van der Waals surface area contributed by atoms with E-state index in [9.17, 15) is 4.39 Å². The lowest BCUT2D eigenvalue weighted by molar-refractivity contribution is 0.327. The van der Waals surface area contributed by atoms with Crippen molar-refractivity contribution in [3.05, 3.63) is 48.2 Å². The number of aryl methyl sites for hydroxylation is 1. The summed E-state index contributed by atoms with van der Waals surface area (Å²) in [4.78, 5) is 4.70. The predicted octanol–water partition coefficient (Wildman–Crippen LogP) is 4.03. The molecule has 0 aliphatic carbocycles. The normalized spacial score (nSPS) is 14.8. The van der Waals surface area contributed by atoms with Gasteiger partial charge in [-0.1, -0.05) is 5.92 Å². The molecule has 1 aromatic carbocycles. The molecule has 0 spiro atoms. The van der Waals surface area contributed by atoms with Crippen molar-refractivity contribution in [2.45, 2.75) is 32.1 Å². The molecule has 4 bridgehead atoms. The highest BCUT2D eigenvalue weighted by atomic mass is 19.1. The van der Waals surface area contributed by atoms with Crippen LogP contribution in [0.4, 0.5) is 4.39 Å². The Kier molecular flexibility index (Phi) is 4.34. The van der Waals surface area contributed by atoms with Gasteiger partial charge in [-0.25, -0.2) is 13.9 Å². The molecule has 0 radical (unpaired) electrons. The molecule has 3 heterocycles. The van der Waals surface area contributed by atoms with E-state index >= 15 is 0 Å². The number of nitrogens with zero attached hydrogens (tertiary/aromatic N) is 3. The first-order valence-electron chi connectivity index (χ1n) is 8.53. The van der Waals surface area contributed by atoms with Gasteiger partial charge in [-0.2, -0.15) is 5.10 Å². The number of aromatic nitrogens is 3. The van der Waals surface area contributed by atoms with Gasteiger partial charge in [0.2, 0.25) is 0 Å². The topological polar surface area (TPSA) is 39.4 Å². The molecule has 1 aliphatic heterocycles. The third kappa shape index (κ3) is 3.34. The van der Waals surface area contributed by atoms with Gasteiger partial charge in [0.05, 0.1) is 12.8 Å². The number of rotatable bonds is 0. The monoisotopic (exact) mass is 335 g/mol. The fourth-order valence-corrected chi connectivity index (χ4v) is 2.95. The van der Waals surface area contributed by atoms with Gasteiger partial charge in [-0.3, -0.25) is 0 Å². The largest absolute Gasteiger partial charge is 0.493 e. The van der Waals surface area contributed by atoms with Gasteiger partial charge >= 0.3 is 0 Å². The van der Waals surface area contributed by atoms with Gasteiger partial charge in [0.1, 0.15) is 11.6 Å². The number of halogens is 1. The van der Waals surface area contributed by atoms with E-state index < -0.39 is 0 Å². The summed E-state index contributed by atoms with van der Waals surface area (Å²) in [7, 11) is 0. The maximum absolute atomic E-state index is 14.4. The van der Waals surface area contributed by atoms with E-state index in [1.54, 1.807) is 22.8 Å². The van der Waals surface area contributed by atoms with Crippen molar-refractivity contribution in [2.75, 3.05) is 6.61 Å². The molecule has 0 amide bonds. The van der Waals surface area contributed by atoms with Crippen molar-refractivity contribution in [1.82, 2.24) is 14.6 Å². The van der Waals surface area contributed by atoms with Crippen LogP contribution in [0, 0.1) is 17.7 Å². The van der Waals surface area contributed by atoms with Crippen LogP contribution >= 0.6 is 0 Å². The lowest BCUT2D eigenvalue weighted by atomic mass is 10.1. The zero-order valence-electron chi connectivity index (χ0n) is 13.8. The fraction of sp³-hybridized carbons (Fsp3) is 0.300. The summed E-state index contributed by atoms with van der Waals surface area (Å²) in [5.41, 5.74) is 2.79. The zero-order valence-corrected chi connectivity index (χ0v) is 13.8. The minimum Gasteiger partial charge on any atom is -0.493 e. The molecule has 1 aliphatic rings. The number of hydrogen-bond acceptors (Lipinski definition) is 3. The number of benzene rings is 1. The van der Waals surface area contributed by atoms with Crippen LogP contribution in [0.3, 0.4) is 0 Å². The lowest BCUT2D eigenvalue weighted by Gasteiger charge is -2.08. The van der Waals surface area contributed by atoms with E-state index in [1.807, 2.05) is 12.3 Å². The molecule has 0 saturated heterocycles. The Bertz CT molecular complexity index is 968. The first kappa shape index (κ1) is 15.6.